The van der Waals surface area contributed by atoms with Gasteiger partial charge in [0.2, 0.25) is 23.6 Å². The summed E-state index contributed by atoms with van der Waals surface area (Å²) in [5.74, 6) is -1.94. The summed E-state index contributed by atoms with van der Waals surface area (Å²) in [5, 5.41) is 35.3. The molecule has 6 aromatic rings. The molecule has 4 aromatic carbocycles. The lowest BCUT2D eigenvalue weighted by Crippen LogP contribution is -2.54. The summed E-state index contributed by atoms with van der Waals surface area (Å²) >= 11 is 0. The highest BCUT2D eigenvalue weighted by Gasteiger charge is 2.46. The van der Waals surface area contributed by atoms with E-state index >= 15 is 0 Å². The van der Waals surface area contributed by atoms with Crippen molar-refractivity contribution in [1.82, 2.24) is 60.4 Å². The van der Waals surface area contributed by atoms with Gasteiger partial charge in [-0.15, -0.1) is 0 Å². The zero-order valence-corrected chi connectivity index (χ0v) is 52.3. The molecule has 2 saturated carbocycles. The highest BCUT2D eigenvalue weighted by molar-refractivity contribution is 6.24. The van der Waals surface area contributed by atoms with E-state index in [0.717, 1.165) is 134 Å². The van der Waals surface area contributed by atoms with Crippen LogP contribution >= 0.6 is 0 Å². The molecule has 8 aliphatic rings. The molecule has 8 amide bonds. The Kier molecular flexibility index (Phi) is 20.1. The molecule has 2 unspecified atom stereocenters. The van der Waals surface area contributed by atoms with Crippen LogP contribution in [-0.4, -0.2) is 206 Å². The average Bonchev–Trinajstić information content (AvgIpc) is 1.62. The van der Waals surface area contributed by atoms with E-state index in [1.54, 1.807) is 43.0 Å². The van der Waals surface area contributed by atoms with Gasteiger partial charge in [0.05, 0.1) is 56.6 Å². The van der Waals surface area contributed by atoms with Crippen LogP contribution in [0.1, 0.15) is 130 Å². The fourth-order valence-corrected chi connectivity index (χ4v) is 13.9. The number of hydrogen-bond acceptors (Lipinski definition) is 23. The van der Waals surface area contributed by atoms with E-state index in [1.165, 1.54) is 44.1 Å². The number of hydrogen-bond donors (Lipinski definition) is 5. The van der Waals surface area contributed by atoms with E-state index in [1.807, 2.05) is 24.3 Å². The quantitative estimate of drug-likeness (QED) is 0.0713. The van der Waals surface area contributed by atoms with Crippen LogP contribution in [0.2, 0.25) is 0 Å². The summed E-state index contributed by atoms with van der Waals surface area (Å²) in [6.07, 6.45) is 13.3. The van der Waals surface area contributed by atoms with Crippen LogP contribution in [0.15, 0.2) is 85.5 Å². The Labute approximate surface area is 546 Å². The number of carbonyl (C=O) groups is 9. The van der Waals surface area contributed by atoms with Crippen LogP contribution in [0, 0.1) is 22.7 Å². The Bertz CT molecular complexity index is 4070. The zero-order chi connectivity index (χ0) is 66.1. The number of rotatable bonds is 15. The normalized spacial score (nSPS) is 23.2. The first-order valence-electron chi connectivity index (χ1n) is 32.4. The first kappa shape index (κ1) is 64.9. The number of benzene rings is 4. The molecule has 0 bridgehead atoms. The number of anilines is 2. The summed E-state index contributed by atoms with van der Waals surface area (Å²) in [6, 6.07) is 24.6. The molecule has 0 radical (unpaired) electrons. The second-order valence-electron chi connectivity index (χ2n) is 24.7. The SMILES string of the molecule is N#Cc1ccc2ncnc(NC3CCC(N4CCN(CCOc5ccc6c(c5)C(=O)N(C5CCC(=O)NC5=O)C6=O)CC4)CC3)c2c1.N#Cc1ccc2ncnc(NC3CCC(N4CCNCC4)CC3)c2c1.O=CCOc1ccc2c(c1)C(=O)N(C1CCC(=O)NC1=O)C2=O. The van der Waals surface area contributed by atoms with Gasteiger partial charge >= 0.3 is 0 Å². The number of piperazine rings is 2. The molecule has 490 valence electrons. The summed E-state index contributed by atoms with van der Waals surface area (Å²) in [7, 11) is 0. The Hall–Kier alpha value is -10.2. The summed E-state index contributed by atoms with van der Waals surface area (Å²) < 4.78 is 11.1. The summed E-state index contributed by atoms with van der Waals surface area (Å²) in [6.45, 7) is 9.52. The number of nitrogens with zero attached hydrogens (tertiary/aromatic N) is 11. The van der Waals surface area contributed by atoms with E-state index in [-0.39, 0.29) is 60.3 Å². The van der Waals surface area contributed by atoms with Crippen molar-refractivity contribution < 1.29 is 52.6 Å². The van der Waals surface area contributed by atoms with Crippen molar-refractivity contribution in [2.75, 3.05) is 82.8 Å². The number of piperidine rings is 2. The van der Waals surface area contributed by atoms with Gasteiger partial charge in [-0.2, -0.15) is 10.5 Å². The van der Waals surface area contributed by atoms with Crippen LogP contribution in [0.4, 0.5) is 11.6 Å². The Morgan fingerprint density at radius 1 is 0.516 bits per heavy atom. The van der Waals surface area contributed by atoms with Crippen LogP contribution in [0.5, 0.6) is 11.5 Å². The molecule has 2 aromatic heterocycles. The maximum Gasteiger partial charge on any atom is 0.262 e. The molecule has 8 heterocycles. The molecule has 95 heavy (non-hydrogen) atoms. The minimum absolute atomic E-state index is 0.0670. The van der Waals surface area contributed by atoms with Gasteiger partial charge in [0.25, 0.3) is 23.6 Å². The second kappa shape index (κ2) is 29.4. The molecule has 0 spiro atoms. The number of fused-ring (bicyclic) bond motifs is 4. The zero-order valence-electron chi connectivity index (χ0n) is 52.3. The van der Waals surface area contributed by atoms with E-state index in [9.17, 15) is 48.4 Å². The summed E-state index contributed by atoms with van der Waals surface area (Å²) in [4.78, 5) is 135. The highest BCUT2D eigenvalue weighted by Crippen LogP contribution is 2.34. The third kappa shape index (κ3) is 14.6. The number of nitrogens with one attached hydrogen (secondary N) is 5. The molecule has 2 atom stereocenters. The number of ether oxygens (including phenoxy) is 2. The highest BCUT2D eigenvalue weighted by atomic mass is 16.5. The van der Waals surface area contributed by atoms with Crippen LogP contribution < -0.4 is 36.1 Å². The van der Waals surface area contributed by atoms with Gasteiger partial charge in [-0.1, -0.05) is 0 Å². The lowest BCUT2D eigenvalue weighted by atomic mass is 9.89. The number of aromatic nitrogens is 4. The molecule has 2 aliphatic carbocycles. The Morgan fingerprint density at radius 2 is 0.968 bits per heavy atom. The lowest BCUT2D eigenvalue weighted by Gasteiger charge is -2.42. The van der Waals surface area contributed by atoms with Gasteiger partial charge in [-0.05, 0) is 137 Å². The maximum atomic E-state index is 13.1. The van der Waals surface area contributed by atoms with E-state index in [0.29, 0.717) is 47.9 Å². The molecule has 14 rings (SSSR count). The monoisotopic (exact) mass is 1290 g/mol. The maximum absolute atomic E-state index is 13.1. The third-order valence-electron chi connectivity index (χ3n) is 19.0. The van der Waals surface area contributed by atoms with E-state index in [4.69, 9.17) is 14.7 Å². The van der Waals surface area contributed by atoms with Gasteiger partial charge in [-0.3, -0.25) is 78.3 Å². The van der Waals surface area contributed by atoms with Crippen LogP contribution in [0.3, 0.4) is 0 Å². The molecule has 27 nitrogen and oxygen atoms in total. The number of carbonyl (C=O) groups excluding carboxylic acids is 9. The van der Waals surface area contributed by atoms with Crippen molar-refractivity contribution >= 4 is 87.0 Å². The van der Waals surface area contributed by atoms with Crippen LogP contribution in [-0.2, 0) is 24.0 Å². The largest absolute Gasteiger partial charge is 0.492 e. The second-order valence-corrected chi connectivity index (χ2v) is 24.7. The van der Waals surface area contributed by atoms with Gasteiger partial charge in [0.15, 0.2) is 6.29 Å². The van der Waals surface area contributed by atoms with Crippen molar-refractivity contribution in [2.24, 2.45) is 0 Å². The summed E-state index contributed by atoms with van der Waals surface area (Å²) in [5.41, 5.74) is 3.69. The molecule has 5 N–H and O–H groups in total. The predicted octanol–water partition coefficient (Wildman–Crippen LogP) is 4.12. The van der Waals surface area contributed by atoms with Crippen molar-refractivity contribution in [2.45, 2.75) is 113 Å². The standard InChI is InChI=1S/C34H36N8O5.C19H24N6.C15H12N2O6/c35-19-21-1-8-28-27(17-21)31(37-20-36-28)38-22-2-4-23(5-3-22)41-13-11-40(12-14-41)15-16-47-24-6-7-25-26(18-24)34(46)42(33(25)45)29-9-10-30(43)39-32(29)44;20-12-14-1-6-18-17(11-14)19(23-13-22-18)24-15-2-4-16(5-3-15)25-9-7-21-8-10-25;18-5-6-23-8-1-2-9-10(7-8)15(22)17(14(9)21)11-3-4-12(19)16-13(11)20/h1,6-8,17-18,20,22-23,29H,2-5,9-16H2,(H,36,37,38)(H,39,43,44);1,6,11,13,15-16,21H,2-5,7-10H2,(H,22,23,24);1-2,5,7,11H,3-4,6H2,(H,16,19,20). The Balaban J connectivity index is 0.000000151. The van der Waals surface area contributed by atoms with Crippen molar-refractivity contribution in [3.63, 3.8) is 0 Å². The average molecular weight is 1290 g/mol. The molecular weight excluding hydrogens is 1220 g/mol. The molecule has 6 aliphatic heterocycles. The number of nitriles is 2. The topological polar surface area (TPSA) is 348 Å². The molecule has 4 saturated heterocycles. The van der Waals surface area contributed by atoms with Crippen molar-refractivity contribution in [3.8, 4) is 23.6 Å². The van der Waals surface area contributed by atoms with E-state index in [2.05, 4.69) is 73.4 Å². The number of imide groups is 4. The molecule has 6 fully saturated rings. The minimum atomic E-state index is -1.00. The van der Waals surface area contributed by atoms with Gasteiger partial charge in [0, 0.05) is 107 Å². The van der Waals surface area contributed by atoms with Gasteiger partial charge in [0.1, 0.15) is 61.1 Å². The van der Waals surface area contributed by atoms with Crippen molar-refractivity contribution in [1.29, 1.82) is 10.5 Å². The fraction of sp³-hybridized carbons (Fsp3) is 0.426. The first-order valence-corrected chi connectivity index (χ1v) is 32.4. The molecule has 27 heteroatoms. The first-order chi connectivity index (χ1) is 46.2. The van der Waals surface area contributed by atoms with E-state index < -0.39 is 59.3 Å². The number of aldehydes is 1. The smallest absolute Gasteiger partial charge is 0.262 e. The van der Waals surface area contributed by atoms with Gasteiger partial charge < -0.3 is 25.4 Å². The number of amides is 8. The van der Waals surface area contributed by atoms with Crippen LogP contribution in [0.25, 0.3) is 21.8 Å². The third-order valence-corrected chi connectivity index (χ3v) is 19.0. The van der Waals surface area contributed by atoms with Gasteiger partial charge in [-0.25, -0.2) is 19.9 Å². The lowest BCUT2D eigenvalue weighted by molar-refractivity contribution is -0.137. The fourth-order valence-electron chi connectivity index (χ4n) is 13.9. The molecular formula is C68H72N16O11. The van der Waals surface area contributed by atoms with Crippen molar-refractivity contribution in [3.05, 3.63) is 119 Å². The Morgan fingerprint density at radius 3 is 1.42 bits per heavy atom. The predicted molar refractivity (Wildman–Crippen MR) is 344 cm³/mol. The minimum Gasteiger partial charge on any atom is -0.492 e.